The molecule has 1 N–H and O–H groups in total. The highest BCUT2D eigenvalue weighted by Gasteiger charge is 2.16. The number of hydrogen-bond acceptors (Lipinski definition) is 3. The molecule has 0 saturated carbocycles. The van der Waals surface area contributed by atoms with Gasteiger partial charge in [0.1, 0.15) is 0 Å². The number of thioether (sulfide) groups is 1. The summed E-state index contributed by atoms with van der Waals surface area (Å²) in [5.41, 5.74) is 0.623. The number of halogens is 1. The number of amides is 1. The largest absolute Gasteiger partial charge is 0.355 e. The smallest absolute Gasteiger partial charge is 0.230 e. The zero-order valence-corrected chi connectivity index (χ0v) is 12.7. The van der Waals surface area contributed by atoms with Gasteiger partial charge in [-0.05, 0) is 37.6 Å². The SMILES string of the molecule is CCCNC(=O)CSC(C)C(=O)c1ccc(Cl)cc1. The van der Waals surface area contributed by atoms with Crippen molar-refractivity contribution in [3.8, 4) is 0 Å². The summed E-state index contributed by atoms with van der Waals surface area (Å²) in [6.45, 7) is 4.49. The van der Waals surface area contributed by atoms with Gasteiger partial charge >= 0.3 is 0 Å². The summed E-state index contributed by atoms with van der Waals surface area (Å²) in [7, 11) is 0. The average molecular weight is 300 g/mol. The molecule has 1 amide bonds. The molecule has 0 bridgehead atoms. The highest BCUT2D eigenvalue weighted by molar-refractivity contribution is 8.01. The van der Waals surface area contributed by atoms with Gasteiger partial charge in [-0.3, -0.25) is 9.59 Å². The third-order valence-corrected chi connectivity index (χ3v) is 3.93. The van der Waals surface area contributed by atoms with Crippen molar-refractivity contribution in [2.75, 3.05) is 12.3 Å². The summed E-state index contributed by atoms with van der Waals surface area (Å²) in [6.07, 6.45) is 0.912. The van der Waals surface area contributed by atoms with E-state index in [1.54, 1.807) is 24.3 Å². The molecule has 5 heteroatoms. The third-order valence-electron chi connectivity index (χ3n) is 2.53. The first-order valence-electron chi connectivity index (χ1n) is 6.22. The summed E-state index contributed by atoms with van der Waals surface area (Å²) in [6, 6.07) is 6.80. The molecule has 1 unspecified atom stereocenters. The lowest BCUT2D eigenvalue weighted by molar-refractivity contribution is -0.118. The Morgan fingerprint density at radius 3 is 2.53 bits per heavy atom. The Morgan fingerprint density at radius 2 is 1.95 bits per heavy atom. The maximum Gasteiger partial charge on any atom is 0.230 e. The van der Waals surface area contributed by atoms with Gasteiger partial charge in [-0.1, -0.05) is 18.5 Å². The summed E-state index contributed by atoms with van der Waals surface area (Å²) >= 11 is 7.13. The first-order valence-corrected chi connectivity index (χ1v) is 7.65. The first-order chi connectivity index (χ1) is 9.04. The van der Waals surface area contributed by atoms with Crippen LogP contribution in [0.15, 0.2) is 24.3 Å². The molecule has 3 nitrogen and oxygen atoms in total. The predicted octanol–water partition coefficient (Wildman–Crippen LogP) is 3.17. The molecule has 0 saturated heterocycles. The molecule has 0 aliphatic rings. The van der Waals surface area contributed by atoms with Gasteiger partial charge in [0.15, 0.2) is 5.78 Å². The second kappa shape index (κ2) is 8.23. The van der Waals surface area contributed by atoms with Crippen molar-refractivity contribution < 1.29 is 9.59 Å². The number of Topliss-reactive ketones (excluding diaryl/α,β-unsaturated/α-hetero) is 1. The van der Waals surface area contributed by atoms with Crippen molar-refractivity contribution >= 4 is 35.1 Å². The molecule has 0 aliphatic carbocycles. The van der Waals surface area contributed by atoms with E-state index in [1.165, 1.54) is 11.8 Å². The Labute approximate surface area is 123 Å². The normalized spacial score (nSPS) is 11.9. The molecule has 0 spiro atoms. The van der Waals surface area contributed by atoms with Crippen LogP contribution in [0, 0.1) is 0 Å². The molecule has 0 aliphatic heterocycles. The highest BCUT2D eigenvalue weighted by atomic mass is 35.5. The van der Waals surface area contributed by atoms with Crippen LogP contribution < -0.4 is 5.32 Å². The van der Waals surface area contributed by atoms with Gasteiger partial charge in [0, 0.05) is 17.1 Å². The average Bonchev–Trinajstić information content (AvgIpc) is 2.42. The molecular weight excluding hydrogens is 282 g/mol. The van der Waals surface area contributed by atoms with E-state index in [-0.39, 0.29) is 16.9 Å². The molecular formula is C14H18ClNO2S. The van der Waals surface area contributed by atoms with E-state index >= 15 is 0 Å². The fourth-order valence-corrected chi connectivity index (χ4v) is 2.36. The van der Waals surface area contributed by atoms with Crippen LogP contribution in [0.5, 0.6) is 0 Å². The maximum absolute atomic E-state index is 12.1. The van der Waals surface area contributed by atoms with Crippen LogP contribution in [0.1, 0.15) is 30.6 Å². The maximum atomic E-state index is 12.1. The van der Waals surface area contributed by atoms with Crippen LogP contribution in [0.2, 0.25) is 5.02 Å². The van der Waals surface area contributed by atoms with Crippen LogP contribution in [-0.2, 0) is 4.79 Å². The lowest BCUT2D eigenvalue weighted by Crippen LogP contribution is -2.27. The number of carbonyl (C=O) groups excluding carboxylic acids is 2. The van der Waals surface area contributed by atoms with Crippen molar-refractivity contribution in [1.29, 1.82) is 0 Å². The van der Waals surface area contributed by atoms with E-state index < -0.39 is 0 Å². The van der Waals surface area contributed by atoms with Gasteiger partial charge in [0.05, 0.1) is 11.0 Å². The van der Waals surface area contributed by atoms with Crippen LogP contribution in [0.4, 0.5) is 0 Å². The molecule has 1 aromatic carbocycles. The van der Waals surface area contributed by atoms with E-state index in [9.17, 15) is 9.59 Å². The van der Waals surface area contributed by atoms with Crippen LogP contribution in [-0.4, -0.2) is 29.2 Å². The molecule has 0 fully saturated rings. The predicted molar refractivity (Wildman–Crippen MR) is 81.0 cm³/mol. The lowest BCUT2D eigenvalue weighted by Gasteiger charge is -2.10. The molecule has 104 valence electrons. The zero-order chi connectivity index (χ0) is 14.3. The summed E-state index contributed by atoms with van der Waals surface area (Å²) < 4.78 is 0. The van der Waals surface area contributed by atoms with E-state index in [4.69, 9.17) is 11.6 Å². The van der Waals surface area contributed by atoms with E-state index in [2.05, 4.69) is 5.32 Å². The molecule has 0 radical (unpaired) electrons. The summed E-state index contributed by atoms with van der Waals surface area (Å²) in [5.74, 6) is 0.299. The Bertz CT molecular complexity index is 434. The summed E-state index contributed by atoms with van der Waals surface area (Å²) in [4.78, 5) is 23.5. The fraction of sp³-hybridized carbons (Fsp3) is 0.429. The van der Waals surface area contributed by atoms with Crippen LogP contribution >= 0.6 is 23.4 Å². The van der Waals surface area contributed by atoms with Crippen LogP contribution in [0.3, 0.4) is 0 Å². The lowest BCUT2D eigenvalue weighted by atomic mass is 10.1. The van der Waals surface area contributed by atoms with E-state index in [0.717, 1.165) is 6.42 Å². The van der Waals surface area contributed by atoms with Crippen LogP contribution in [0.25, 0.3) is 0 Å². The van der Waals surface area contributed by atoms with E-state index in [1.807, 2.05) is 13.8 Å². The molecule has 1 rings (SSSR count). The minimum atomic E-state index is -0.242. The number of carbonyl (C=O) groups is 2. The molecule has 0 heterocycles. The zero-order valence-electron chi connectivity index (χ0n) is 11.1. The Morgan fingerprint density at radius 1 is 1.32 bits per heavy atom. The van der Waals surface area contributed by atoms with Gasteiger partial charge in [-0.25, -0.2) is 0 Å². The van der Waals surface area contributed by atoms with E-state index in [0.29, 0.717) is 22.9 Å². The van der Waals surface area contributed by atoms with Crippen molar-refractivity contribution in [1.82, 2.24) is 5.32 Å². The number of nitrogens with one attached hydrogen (secondary N) is 1. The number of benzene rings is 1. The van der Waals surface area contributed by atoms with Crippen molar-refractivity contribution in [2.45, 2.75) is 25.5 Å². The number of rotatable bonds is 7. The third kappa shape index (κ3) is 5.66. The molecule has 19 heavy (non-hydrogen) atoms. The van der Waals surface area contributed by atoms with Crippen molar-refractivity contribution in [3.05, 3.63) is 34.9 Å². The minimum absolute atomic E-state index is 0.0185. The number of hydrogen-bond donors (Lipinski definition) is 1. The minimum Gasteiger partial charge on any atom is -0.355 e. The number of ketones is 1. The molecule has 1 aromatic rings. The van der Waals surface area contributed by atoms with Gasteiger partial charge in [-0.2, -0.15) is 0 Å². The second-order valence-corrected chi connectivity index (χ2v) is 5.94. The monoisotopic (exact) mass is 299 g/mol. The van der Waals surface area contributed by atoms with Gasteiger partial charge in [0.2, 0.25) is 5.91 Å². The van der Waals surface area contributed by atoms with Crippen molar-refractivity contribution in [2.24, 2.45) is 0 Å². The molecule has 1 atom stereocenters. The standard InChI is InChI=1S/C14H18ClNO2S/c1-3-8-16-13(17)9-19-10(2)14(18)11-4-6-12(15)7-5-11/h4-7,10H,3,8-9H2,1-2H3,(H,16,17). The van der Waals surface area contributed by atoms with Crippen molar-refractivity contribution in [3.63, 3.8) is 0 Å². The topological polar surface area (TPSA) is 46.2 Å². The van der Waals surface area contributed by atoms with Gasteiger partial charge < -0.3 is 5.32 Å². The quantitative estimate of drug-likeness (QED) is 0.787. The second-order valence-electron chi connectivity index (χ2n) is 4.17. The Balaban J connectivity index is 2.44. The highest BCUT2D eigenvalue weighted by Crippen LogP contribution is 2.17. The Kier molecular flexibility index (Phi) is 6.95. The van der Waals surface area contributed by atoms with Gasteiger partial charge in [-0.15, -0.1) is 11.8 Å². The Hall–Kier alpha value is -1.00. The summed E-state index contributed by atoms with van der Waals surface area (Å²) in [5, 5.41) is 3.15. The first kappa shape index (κ1) is 16.1. The fourth-order valence-electron chi connectivity index (χ4n) is 1.44. The van der Waals surface area contributed by atoms with Gasteiger partial charge in [0.25, 0.3) is 0 Å². The molecule has 0 aromatic heterocycles.